The number of hydrogen-bond donors (Lipinski definition) is 1. The van der Waals surface area contributed by atoms with Crippen molar-refractivity contribution in [3.05, 3.63) is 54.5 Å². The monoisotopic (exact) mass is 280 g/mol. The zero-order chi connectivity index (χ0) is 14.8. The highest BCUT2D eigenvalue weighted by molar-refractivity contribution is 5.88. The van der Waals surface area contributed by atoms with Crippen LogP contribution in [0.3, 0.4) is 0 Å². The van der Waals surface area contributed by atoms with Gasteiger partial charge in [0.25, 0.3) is 0 Å². The lowest BCUT2D eigenvalue weighted by molar-refractivity contribution is 0.283. The van der Waals surface area contributed by atoms with E-state index in [1.165, 1.54) is 11.1 Å². The molecule has 0 aliphatic heterocycles. The maximum atomic E-state index is 9.55. The number of rotatable bonds is 4. The first-order chi connectivity index (χ1) is 10.2. The predicted octanol–water partition coefficient (Wildman–Crippen LogP) is 3.85. The van der Waals surface area contributed by atoms with Crippen LogP contribution in [0.2, 0.25) is 0 Å². The van der Waals surface area contributed by atoms with Gasteiger partial charge in [0, 0.05) is 41.6 Å². The molecule has 0 fully saturated rings. The quantitative estimate of drug-likeness (QED) is 0.788. The van der Waals surface area contributed by atoms with Crippen LogP contribution in [0.4, 0.5) is 0 Å². The van der Waals surface area contributed by atoms with Crippen LogP contribution in [0, 0.1) is 5.92 Å². The molecule has 1 aromatic carbocycles. The number of hydrogen-bond acceptors (Lipinski definition) is 2. The molecule has 2 aromatic heterocycles. The lowest BCUT2D eigenvalue weighted by Gasteiger charge is -2.09. The average Bonchev–Trinajstić information content (AvgIpc) is 2.85. The van der Waals surface area contributed by atoms with Crippen molar-refractivity contribution in [1.29, 1.82) is 0 Å². The summed E-state index contributed by atoms with van der Waals surface area (Å²) in [7, 11) is 0. The summed E-state index contributed by atoms with van der Waals surface area (Å²) >= 11 is 0. The standard InChI is InChI=1S/C18H20N2O/c1-13(2)10-20-11-16(12-21)17-4-3-15(9-18(17)20)14-5-7-19-8-6-14/h3-9,11,13,21H,10,12H2,1-2H3. The number of pyridine rings is 1. The van der Waals surface area contributed by atoms with Crippen LogP contribution in [-0.4, -0.2) is 14.7 Å². The molecule has 0 radical (unpaired) electrons. The number of fused-ring (bicyclic) bond motifs is 1. The molecule has 3 heteroatoms. The van der Waals surface area contributed by atoms with Crippen molar-refractivity contribution in [2.45, 2.75) is 27.0 Å². The highest BCUT2D eigenvalue weighted by Gasteiger charge is 2.10. The second kappa shape index (κ2) is 5.70. The highest BCUT2D eigenvalue weighted by atomic mass is 16.3. The fourth-order valence-electron chi connectivity index (χ4n) is 2.76. The van der Waals surface area contributed by atoms with Gasteiger partial charge < -0.3 is 9.67 Å². The van der Waals surface area contributed by atoms with E-state index in [2.05, 4.69) is 47.8 Å². The van der Waals surface area contributed by atoms with Crippen molar-refractivity contribution in [2.24, 2.45) is 5.92 Å². The molecule has 3 aromatic rings. The zero-order valence-electron chi connectivity index (χ0n) is 12.5. The molecule has 1 N–H and O–H groups in total. The first-order valence-corrected chi connectivity index (χ1v) is 7.32. The fourth-order valence-corrected chi connectivity index (χ4v) is 2.76. The summed E-state index contributed by atoms with van der Waals surface area (Å²) in [5.74, 6) is 0.566. The van der Waals surface area contributed by atoms with Gasteiger partial charge in [0.05, 0.1) is 6.61 Å². The van der Waals surface area contributed by atoms with Crippen molar-refractivity contribution >= 4 is 10.9 Å². The maximum Gasteiger partial charge on any atom is 0.0702 e. The smallest absolute Gasteiger partial charge is 0.0702 e. The summed E-state index contributed by atoms with van der Waals surface area (Å²) in [5, 5.41) is 10.7. The molecular formula is C18H20N2O. The van der Waals surface area contributed by atoms with Crippen LogP contribution in [0.15, 0.2) is 48.9 Å². The minimum absolute atomic E-state index is 0.0796. The summed E-state index contributed by atoms with van der Waals surface area (Å²) in [6, 6.07) is 10.4. The van der Waals surface area contributed by atoms with Gasteiger partial charge in [-0.2, -0.15) is 0 Å². The Labute approximate surface area is 124 Å². The molecule has 0 amide bonds. The second-order valence-corrected chi connectivity index (χ2v) is 5.83. The Morgan fingerprint density at radius 1 is 1.10 bits per heavy atom. The van der Waals surface area contributed by atoms with Gasteiger partial charge in [-0.05, 0) is 35.2 Å². The van der Waals surface area contributed by atoms with Crippen molar-refractivity contribution in [1.82, 2.24) is 9.55 Å². The summed E-state index contributed by atoms with van der Waals surface area (Å²) in [6.45, 7) is 5.45. The third kappa shape index (κ3) is 2.69. The number of benzene rings is 1. The SMILES string of the molecule is CC(C)Cn1cc(CO)c2ccc(-c3ccncc3)cc21. The minimum Gasteiger partial charge on any atom is -0.392 e. The van der Waals surface area contributed by atoms with E-state index in [0.29, 0.717) is 5.92 Å². The molecule has 21 heavy (non-hydrogen) atoms. The van der Waals surface area contributed by atoms with Crippen molar-refractivity contribution < 1.29 is 5.11 Å². The normalized spacial score (nSPS) is 11.4. The first-order valence-electron chi connectivity index (χ1n) is 7.32. The van der Waals surface area contributed by atoms with E-state index < -0.39 is 0 Å². The maximum absolute atomic E-state index is 9.55. The van der Waals surface area contributed by atoms with Gasteiger partial charge in [-0.15, -0.1) is 0 Å². The van der Waals surface area contributed by atoms with Crippen LogP contribution >= 0.6 is 0 Å². The van der Waals surface area contributed by atoms with E-state index in [1.54, 1.807) is 0 Å². The number of aliphatic hydroxyl groups is 1. The molecule has 0 spiro atoms. The van der Waals surface area contributed by atoms with Gasteiger partial charge in [0.15, 0.2) is 0 Å². The Bertz CT molecular complexity index is 745. The summed E-state index contributed by atoms with van der Waals surface area (Å²) in [6.07, 6.45) is 5.69. The molecular weight excluding hydrogens is 260 g/mol. The highest BCUT2D eigenvalue weighted by Crippen LogP contribution is 2.28. The third-order valence-electron chi connectivity index (χ3n) is 3.71. The molecule has 0 atom stereocenters. The molecule has 3 rings (SSSR count). The molecule has 0 saturated carbocycles. The number of nitrogens with zero attached hydrogens (tertiary/aromatic N) is 2. The van der Waals surface area contributed by atoms with Crippen LogP contribution in [0.5, 0.6) is 0 Å². The lowest BCUT2D eigenvalue weighted by Crippen LogP contribution is -2.02. The van der Waals surface area contributed by atoms with Gasteiger partial charge in [-0.3, -0.25) is 4.98 Å². The van der Waals surface area contributed by atoms with Gasteiger partial charge in [0.1, 0.15) is 0 Å². The van der Waals surface area contributed by atoms with E-state index in [1.807, 2.05) is 24.5 Å². The van der Waals surface area contributed by atoms with Crippen LogP contribution in [-0.2, 0) is 13.2 Å². The van der Waals surface area contributed by atoms with E-state index in [9.17, 15) is 5.11 Å². The summed E-state index contributed by atoms with van der Waals surface area (Å²) in [4.78, 5) is 4.07. The van der Waals surface area contributed by atoms with E-state index in [-0.39, 0.29) is 6.61 Å². The van der Waals surface area contributed by atoms with E-state index in [4.69, 9.17) is 0 Å². The molecule has 0 aliphatic rings. The Morgan fingerprint density at radius 3 is 2.52 bits per heavy atom. The molecule has 0 bridgehead atoms. The summed E-state index contributed by atoms with van der Waals surface area (Å²) < 4.78 is 2.25. The second-order valence-electron chi connectivity index (χ2n) is 5.83. The predicted molar refractivity (Wildman–Crippen MR) is 85.9 cm³/mol. The fraction of sp³-hybridized carbons (Fsp3) is 0.278. The van der Waals surface area contributed by atoms with Crippen molar-refractivity contribution in [3.8, 4) is 11.1 Å². The Hall–Kier alpha value is -2.13. The molecule has 0 aliphatic carbocycles. The lowest BCUT2D eigenvalue weighted by atomic mass is 10.0. The molecule has 0 saturated heterocycles. The number of aliphatic hydroxyl groups excluding tert-OH is 1. The first kappa shape index (κ1) is 13.8. The molecule has 0 unspecified atom stereocenters. The van der Waals surface area contributed by atoms with Crippen LogP contribution < -0.4 is 0 Å². The molecule has 108 valence electrons. The van der Waals surface area contributed by atoms with Crippen molar-refractivity contribution in [3.63, 3.8) is 0 Å². The Balaban J connectivity index is 2.15. The third-order valence-corrected chi connectivity index (χ3v) is 3.71. The molecule has 3 nitrogen and oxygen atoms in total. The van der Waals surface area contributed by atoms with E-state index >= 15 is 0 Å². The largest absolute Gasteiger partial charge is 0.392 e. The van der Waals surface area contributed by atoms with Crippen molar-refractivity contribution in [2.75, 3.05) is 0 Å². The van der Waals surface area contributed by atoms with E-state index in [0.717, 1.165) is 23.1 Å². The Kier molecular flexibility index (Phi) is 3.76. The van der Waals surface area contributed by atoms with Gasteiger partial charge >= 0.3 is 0 Å². The average molecular weight is 280 g/mol. The summed E-state index contributed by atoms with van der Waals surface area (Å²) in [5.41, 5.74) is 4.52. The zero-order valence-corrected chi connectivity index (χ0v) is 12.5. The molecule has 2 heterocycles. The number of aromatic nitrogens is 2. The topological polar surface area (TPSA) is 38.0 Å². The van der Waals surface area contributed by atoms with Crippen LogP contribution in [0.25, 0.3) is 22.0 Å². The van der Waals surface area contributed by atoms with Gasteiger partial charge in [-0.25, -0.2) is 0 Å². The van der Waals surface area contributed by atoms with Gasteiger partial charge in [0.2, 0.25) is 0 Å². The minimum atomic E-state index is 0.0796. The van der Waals surface area contributed by atoms with Gasteiger partial charge in [-0.1, -0.05) is 26.0 Å². The Morgan fingerprint density at radius 2 is 1.86 bits per heavy atom. The van der Waals surface area contributed by atoms with Crippen LogP contribution in [0.1, 0.15) is 19.4 Å².